The fourth-order valence-corrected chi connectivity index (χ4v) is 1.83. The zero-order valence-corrected chi connectivity index (χ0v) is 9.06. The SMILES string of the molecule is O=C(O)[C@]1(O)CCN(c2ccc(F)cc2F)C1=O. The number of benzene rings is 1. The van der Waals surface area contributed by atoms with Crippen LogP contribution in [-0.2, 0) is 9.59 Å². The molecule has 5 nitrogen and oxygen atoms in total. The zero-order valence-electron chi connectivity index (χ0n) is 9.06. The second kappa shape index (κ2) is 4.02. The van der Waals surface area contributed by atoms with E-state index in [-0.39, 0.29) is 18.7 Å². The van der Waals surface area contributed by atoms with Crippen molar-refractivity contribution in [3.63, 3.8) is 0 Å². The summed E-state index contributed by atoms with van der Waals surface area (Å²) < 4.78 is 26.2. The van der Waals surface area contributed by atoms with Gasteiger partial charge in [0.15, 0.2) is 0 Å². The number of carbonyl (C=O) groups excluding carboxylic acids is 1. The molecule has 1 heterocycles. The predicted octanol–water partition coefficient (Wildman–Crippen LogP) is 0.517. The average Bonchev–Trinajstić information content (AvgIpc) is 2.58. The summed E-state index contributed by atoms with van der Waals surface area (Å²) in [6.07, 6.45) is -0.349. The second-order valence-corrected chi connectivity index (χ2v) is 3.97. The number of aliphatic hydroxyl groups is 1. The molecule has 18 heavy (non-hydrogen) atoms. The van der Waals surface area contributed by atoms with Crippen LogP contribution in [0.4, 0.5) is 14.5 Å². The third-order valence-electron chi connectivity index (χ3n) is 2.85. The quantitative estimate of drug-likeness (QED) is 0.757. The van der Waals surface area contributed by atoms with Crippen LogP contribution in [0.25, 0.3) is 0 Å². The molecule has 2 rings (SSSR count). The summed E-state index contributed by atoms with van der Waals surface area (Å²) in [4.78, 5) is 23.3. The van der Waals surface area contributed by atoms with Crippen LogP contribution in [0.3, 0.4) is 0 Å². The molecule has 1 aromatic carbocycles. The fourth-order valence-electron chi connectivity index (χ4n) is 1.83. The standard InChI is InChI=1S/C11H9F2NO4/c12-6-1-2-8(7(13)5-6)14-4-3-11(18,9(14)15)10(16)17/h1-2,5,18H,3-4H2,(H,16,17)/t11-/m0/s1. The van der Waals surface area contributed by atoms with Crippen LogP contribution >= 0.6 is 0 Å². The molecule has 0 aliphatic carbocycles. The monoisotopic (exact) mass is 257 g/mol. The number of hydrogen-bond acceptors (Lipinski definition) is 3. The number of rotatable bonds is 2. The van der Waals surface area contributed by atoms with Crippen molar-refractivity contribution in [1.82, 2.24) is 0 Å². The lowest BCUT2D eigenvalue weighted by atomic mass is 10.0. The number of anilines is 1. The summed E-state index contributed by atoms with van der Waals surface area (Å²) >= 11 is 0. The summed E-state index contributed by atoms with van der Waals surface area (Å²) in [6.45, 7) is -0.149. The zero-order chi connectivity index (χ0) is 13.5. The molecular formula is C11H9F2NO4. The van der Waals surface area contributed by atoms with Crippen molar-refractivity contribution in [3.8, 4) is 0 Å². The summed E-state index contributed by atoms with van der Waals surface area (Å²) in [5, 5.41) is 18.4. The first-order valence-corrected chi connectivity index (χ1v) is 5.09. The van der Waals surface area contributed by atoms with Crippen LogP contribution in [0.15, 0.2) is 18.2 Å². The molecule has 1 atom stereocenters. The molecule has 1 aliphatic heterocycles. The van der Waals surface area contributed by atoms with Gasteiger partial charge in [0.05, 0.1) is 5.69 Å². The third kappa shape index (κ3) is 1.72. The van der Waals surface area contributed by atoms with Crippen molar-refractivity contribution in [3.05, 3.63) is 29.8 Å². The first-order valence-electron chi connectivity index (χ1n) is 5.09. The van der Waals surface area contributed by atoms with Gasteiger partial charge in [0.1, 0.15) is 11.6 Å². The molecule has 1 saturated heterocycles. The van der Waals surface area contributed by atoms with Crippen LogP contribution in [0, 0.1) is 11.6 Å². The van der Waals surface area contributed by atoms with Crippen molar-refractivity contribution in [1.29, 1.82) is 0 Å². The van der Waals surface area contributed by atoms with Gasteiger partial charge in [-0.3, -0.25) is 4.79 Å². The van der Waals surface area contributed by atoms with Gasteiger partial charge in [0.2, 0.25) is 5.60 Å². The number of hydrogen-bond donors (Lipinski definition) is 2. The Bertz CT molecular complexity index is 534. The van der Waals surface area contributed by atoms with Gasteiger partial charge in [0.25, 0.3) is 5.91 Å². The van der Waals surface area contributed by atoms with E-state index >= 15 is 0 Å². The Labute approximate surface area is 100 Å². The average molecular weight is 257 g/mol. The maximum Gasteiger partial charge on any atom is 0.345 e. The molecule has 0 aromatic heterocycles. The minimum Gasteiger partial charge on any atom is -0.479 e. The number of amides is 1. The molecular weight excluding hydrogens is 248 g/mol. The van der Waals surface area contributed by atoms with Gasteiger partial charge in [-0.25, -0.2) is 13.6 Å². The molecule has 0 unspecified atom stereocenters. The van der Waals surface area contributed by atoms with Gasteiger partial charge in [-0.1, -0.05) is 0 Å². The number of halogens is 2. The van der Waals surface area contributed by atoms with Crippen LogP contribution in [0.2, 0.25) is 0 Å². The number of carboxylic acids is 1. The van der Waals surface area contributed by atoms with E-state index in [1.807, 2.05) is 0 Å². The highest BCUT2D eigenvalue weighted by Crippen LogP contribution is 2.30. The Kier molecular flexibility index (Phi) is 2.78. The number of carboxylic acid groups (broad SMARTS) is 1. The van der Waals surface area contributed by atoms with Crippen molar-refractivity contribution >= 4 is 17.6 Å². The first-order chi connectivity index (χ1) is 8.36. The number of aliphatic carboxylic acids is 1. The highest BCUT2D eigenvalue weighted by atomic mass is 19.1. The van der Waals surface area contributed by atoms with Crippen molar-refractivity contribution in [2.75, 3.05) is 11.4 Å². The molecule has 96 valence electrons. The molecule has 1 amide bonds. The third-order valence-corrected chi connectivity index (χ3v) is 2.85. The Morgan fingerprint density at radius 1 is 1.39 bits per heavy atom. The van der Waals surface area contributed by atoms with E-state index in [0.717, 1.165) is 17.0 Å². The van der Waals surface area contributed by atoms with Gasteiger partial charge >= 0.3 is 5.97 Å². The highest BCUT2D eigenvalue weighted by molar-refractivity contribution is 6.14. The first kappa shape index (κ1) is 12.4. The molecule has 0 radical (unpaired) electrons. The Morgan fingerprint density at radius 3 is 2.56 bits per heavy atom. The predicted molar refractivity (Wildman–Crippen MR) is 55.9 cm³/mol. The topological polar surface area (TPSA) is 77.8 Å². The number of carbonyl (C=O) groups is 2. The molecule has 0 spiro atoms. The Morgan fingerprint density at radius 2 is 2.06 bits per heavy atom. The lowest BCUT2D eigenvalue weighted by Crippen LogP contribution is -2.46. The molecule has 7 heteroatoms. The van der Waals surface area contributed by atoms with Gasteiger partial charge in [-0.05, 0) is 12.1 Å². The van der Waals surface area contributed by atoms with E-state index in [4.69, 9.17) is 5.11 Å². The second-order valence-electron chi connectivity index (χ2n) is 3.97. The minimum absolute atomic E-state index is 0.149. The maximum atomic E-state index is 13.5. The molecule has 0 bridgehead atoms. The summed E-state index contributed by atoms with van der Waals surface area (Å²) in [7, 11) is 0. The molecule has 0 saturated carbocycles. The minimum atomic E-state index is -2.54. The summed E-state index contributed by atoms with van der Waals surface area (Å²) in [5.41, 5.74) is -2.79. The van der Waals surface area contributed by atoms with E-state index in [0.29, 0.717) is 6.07 Å². The molecule has 1 fully saturated rings. The molecule has 1 aromatic rings. The smallest absolute Gasteiger partial charge is 0.345 e. The Balaban J connectivity index is 2.37. The Hall–Kier alpha value is -2.02. The molecule has 1 aliphatic rings. The van der Waals surface area contributed by atoms with E-state index in [9.17, 15) is 23.5 Å². The van der Waals surface area contributed by atoms with E-state index in [2.05, 4.69) is 0 Å². The lowest BCUT2D eigenvalue weighted by molar-refractivity contribution is -0.162. The van der Waals surface area contributed by atoms with Gasteiger partial charge in [-0.2, -0.15) is 0 Å². The number of nitrogens with zero attached hydrogens (tertiary/aromatic N) is 1. The van der Waals surface area contributed by atoms with Crippen LogP contribution in [-0.4, -0.2) is 34.2 Å². The largest absolute Gasteiger partial charge is 0.479 e. The van der Waals surface area contributed by atoms with E-state index < -0.39 is 29.1 Å². The van der Waals surface area contributed by atoms with Crippen LogP contribution in [0.1, 0.15) is 6.42 Å². The summed E-state index contributed by atoms with van der Waals surface area (Å²) in [6, 6.07) is 2.56. The van der Waals surface area contributed by atoms with Gasteiger partial charge in [-0.15, -0.1) is 0 Å². The van der Waals surface area contributed by atoms with E-state index in [1.165, 1.54) is 0 Å². The van der Waals surface area contributed by atoms with Crippen molar-refractivity contribution in [2.45, 2.75) is 12.0 Å². The van der Waals surface area contributed by atoms with Gasteiger partial charge in [0, 0.05) is 19.0 Å². The lowest BCUT2D eigenvalue weighted by Gasteiger charge is -2.19. The maximum absolute atomic E-state index is 13.5. The summed E-state index contributed by atoms with van der Waals surface area (Å²) in [5.74, 6) is -4.60. The van der Waals surface area contributed by atoms with E-state index in [1.54, 1.807) is 0 Å². The van der Waals surface area contributed by atoms with Crippen LogP contribution < -0.4 is 4.90 Å². The fraction of sp³-hybridized carbons (Fsp3) is 0.273. The van der Waals surface area contributed by atoms with Crippen LogP contribution in [0.5, 0.6) is 0 Å². The normalized spacial score (nSPS) is 23.5. The van der Waals surface area contributed by atoms with Gasteiger partial charge < -0.3 is 15.1 Å². The molecule has 2 N–H and O–H groups in total. The van der Waals surface area contributed by atoms with Crippen molar-refractivity contribution in [2.24, 2.45) is 0 Å². The highest BCUT2D eigenvalue weighted by Gasteiger charge is 2.52. The van der Waals surface area contributed by atoms with Crippen molar-refractivity contribution < 1.29 is 28.6 Å².